The van der Waals surface area contributed by atoms with Crippen LogP contribution in [-0.2, 0) is 0 Å². The molecule has 5 heteroatoms. The molecule has 0 bridgehead atoms. The summed E-state index contributed by atoms with van der Waals surface area (Å²) in [5.41, 5.74) is 2.83. The van der Waals surface area contributed by atoms with Gasteiger partial charge < -0.3 is 10.0 Å². The van der Waals surface area contributed by atoms with Gasteiger partial charge in [-0.25, -0.2) is 4.98 Å². The first kappa shape index (κ1) is 11.4. The van der Waals surface area contributed by atoms with Gasteiger partial charge in [0.1, 0.15) is 5.82 Å². The predicted molar refractivity (Wildman–Crippen MR) is 76.6 cm³/mol. The van der Waals surface area contributed by atoms with Crippen molar-refractivity contribution in [3.8, 4) is 11.3 Å². The van der Waals surface area contributed by atoms with Crippen LogP contribution in [0.4, 0.5) is 5.82 Å². The molecule has 1 saturated heterocycles. The van der Waals surface area contributed by atoms with Crippen LogP contribution in [0, 0.1) is 0 Å². The van der Waals surface area contributed by atoms with Crippen molar-refractivity contribution in [3.63, 3.8) is 0 Å². The summed E-state index contributed by atoms with van der Waals surface area (Å²) in [6.45, 7) is 1.29. The van der Waals surface area contributed by atoms with Gasteiger partial charge >= 0.3 is 0 Å². The molecule has 1 N–H and O–H groups in total. The molecule has 0 saturated carbocycles. The fraction of sp³-hybridized carbons (Fsp3) is 0.200. The van der Waals surface area contributed by atoms with Gasteiger partial charge in [0.25, 0.3) is 0 Å². The van der Waals surface area contributed by atoms with Crippen molar-refractivity contribution >= 4 is 11.5 Å². The number of hydrogen-bond acceptors (Lipinski definition) is 4. The molecule has 0 spiro atoms. The standard InChI is InChI=1S/C15H14N4O/c20-12-9-18(10-12)15-8-13(11-4-2-1-3-5-11)17-14-6-7-16-19(14)15/h1-8,12,20H,9-10H2. The van der Waals surface area contributed by atoms with E-state index in [4.69, 9.17) is 0 Å². The van der Waals surface area contributed by atoms with Gasteiger partial charge in [-0.15, -0.1) is 0 Å². The molecule has 3 heterocycles. The maximum absolute atomic E-state index is 9.50. The van der Waals surface area contributed by atoms with E-state index in [1.165, 1.54) is 0 Å². The van der Waals surface area contributed by atoms with E-state index in [-0.39, 0.29) is 6.10 Å². The third-order valence-electron chi connectivity index (χ3n) is 3.60. The highest BCUT2D eigenvalue weighted by Crippen LogP contribution is 2.26. The number of aliphatic hydroxyl groups excluding tert-OH is 1. The van der Waals surface area contributed by atoms with E-state index in [0.717, 1.165) is 22.7 Å². The van der Waals surface area contributed by atoms with Crippen molar-refractivity contribution < 1.29 is 5.11 Å². The number of hydrogen-bond donors (Lipinski definition) is 1. The van der Waals surface area contributed by atoms with E-state index in [9.17, 15) is 5.11 Å². The SMILES string of the molecule is OC1CN(c2cc(-c3ccccc3)nc3ccnn23)C1. The first-order valence-electron chi connectivity index (χ1n) is 6.64. The van der Waals surface area contributed by atoms with Crippen molar-refractivity contribution in [1.29, 1.82) is 0 Å². The molecule has 100 valence electrons. The third kappa shape index (κ3) is 1.75. The Balaban J connectivity index is 1.87. The quantitative estimate of drug-likeness (QED) is 0.765. The van der Waals surface area contributed by atoms with Gasteiger partial charge in [-0.2, -0.15) is 9.61 Å². The van der Waals surface area contributed by atoms with Crippen LogP contribution in [0.5, 0.6) is 0 Å². The number of anilines is 1. The number of fused-ring (bicyclic) bond motifs is 1. The largest absolute Gasteiger partial charge is 0.389 e. The average Bonchev–Trinajstić information content (AvgIpc) is 2.92. The lowest BCUT2D eigenvalue weighted by atomic mass is 10.1. The van der Waals surface area contributed by atoms with Gasteiger partial charge in [-0.3, -0.25) is 0 Å². The number of β-amino-alcohol motifs (C(OH)–C–C–N with tert-alkyl or cyclic N) is 1. The van der Waals surface area contributed by atoms with E-state index in [2.05, 4.69) is 15.0 Å². The second kappa shape index (κ2) is 4.31. The van der Waals surface area contributed by atoms with Gasteiger partial charge in [0.15, 0.2) is 5.65 Å². The molecule has 0 radical (unpaired) electrons. The predicted octanol–water partition coefficient (Wildman–Crippen LogP) is 1.58. The molecular weight excluding hydrogens is 252 g/mol. The molecule has 1 fully saturated rings. The van der Waals surface area contributed by atoms with Gasteiger partial charge in [-0.1, -0.05) is 30.3 Å². The molecular formula is C15H14N4O. The van der Waals surface area contributed by atoms with Crippen molar-refractivity contribution in [2.75, 3.05) is 18.0 Å². The van der Waals surface area contributed by atoms with Crippen LogP contribution in [0.2, 0.25) is 0 Å². The number of rotatable bonds is 2. The van der Waals surface area contributed by atoms with E-state index < -0.39 is 0 Å². The molecule has 0 aliphatic carbocycles. The van der Waals surface area contributed by atoms with E-state index >= 15 is 0 Å². The molecule has 20 heavy (non-hydrogen) atoms. The molecule has 4 rings (SSSR count). The third-order valence-corrected chi connectivity index (χ3v) is 3.60. The molecule has 1 aliphatic rings. The first-order valence-corrected chi connectivity index (χ1v) is 6.64. The highest BCUT2D eigenvalue weighted by molar-refractivity contribution is 5.67. The summed E-state index contributed by atoms with van der Waals surface area (Å²) in [4.78, 5) is 6.75. The minimum absolute atomic E-state index is 0.242. The summed E-state index contributed by atoms with van der Waals surface area (Å²) < 4.78 is 1.82. The molecule has 1 aromatic carbocycles. The lowest BCUT2D eigenvalue weighted by Crippen LogP contribution is -2.51. The second-order valence-electron chi connectivity index (χ2n) is 5.03. The summed E-state index contributed by atoms with van der Waals surface area (Å²) in [5, 5.41) is 13.8. The van der Waals surface area contributed by atoms with Crippen LogP contribution in [0.1, 0.15) is 0 Å². The van der Waals surface area contributed by atoms with Crippen molar-refractivity contribution in [2.45, 2.75) is 6.10 Å². The molecule has 0 unspecified atom stereocenters. The van der Waals surface area contributed by atoms with Crippen LogP contribution >= 0.6 is 0 Å². The zero-order valence-corrected chi connectivity index (χ0v) is 10.8. The highest BCUT2D eigenvalue weighted by Gasteiger charge is 2.27. The summed E-state index contributed by atoms with van der Waals surface area (Å²) in [6, 6.07) is 14.0. The minimum atomic E-state index is -0.242. The second-order valence-corrected chi connectivity index (χ2v) is 5.03. The Hall–Kier alpha value is -2.40. The Morgan fingerprint density at radius 2 is 1.90 bits per heavy atom. The lowest BCUT2D eigenvalue weighted by Gasteiger charge is -2.37. The Labute approximate surface area is 116 Å². The summed E-state index contributed by atoms with van der Waals surface area (Å²) >= 11 is 0. The molecule has 0 atom stereocenters. The number of aromatic nitrogens is 3. The van der Waals surface area contributed by atoms with Crippen LogP contribution < -0.4 is 4.90 Å². The summed E-state index contributed by atoms with van der Waals surface area (Å²) in [7, 11) is 0. The number of nitrogens with zero attached hydrogens (tertiary/aromatic N) is 4. The smallest absolute Gasteiger partial charge is 0.157 e. The number of benzene rings is 1. The maximum Gasteiger partial charge on any atom is 0.157 e. The Morgan fingerprint density at radius 1 is 1.10 bits per heavy atom. The van der Waals surface area contributed by atoms with E-state index in [1.807, 2.05) is 47.0 Å². The van der Waals surface area contributed by atoms with Gasteiger partial charge in [-0.05, 0) is 0 Å². The van der Waals surface area contributed by atoms with Crippen LogP contribution in [0.15, 0.2) is 48.7 Å². The van der Waals surface area contributed by atoms with Gasteiger partial charge in [0, 0.05) is 30.8 Å². The van der Waals surface area contributed by atoms with Crippen molar-refractivity contribution in [2.24, 2.45) is 0 Å². The van der Waals surface area contributed by atoms with Gasteiger partial charge in [0.05, 0.1) is 18.0 Å². The van der Waals surface area contributed by atoms with Crippen molar-refractivity contribution in [3.05, 3.63) is 48.7 Å². The zero-order chi connectivity index (χ0) is 13.5. The van der Waals surface area contributed by atoms with Crippen molar-refractivity contribution in [1.82, 2.24) is 14.6 Å². The van der Waals surface area contributed by atoms with Crippen LogP contribution in [0.25, 0.3) is 16.9 Å². The fourth-order valence-electron chi connectivity index (χ4n) is 2.52. The minimum Gasteiger partial charge on any atom is -0.389 e. The normalized spacial score (nSPS) is 15.6. The molecule has 3 aromatic rings. The zero-order valence-electron chi connectivity index (χ0n) is 10.8. The fourth-order valence-corrected chi connectivity index (χ4v) is 2.52. The average molecular weight is 266 g/mol. The Bertz CT molecular complexity index is 747. The summed E-state index contributed by atoms with van der Waals surface area (Å²) in [6.07, 6.45) is 1.51. The molecule has 0 amide bonds. The van der Waals surface area contributed by atoms with E-state index in [1.54, 1.807) is 6.20 Å². The molecule has 2 aromatic heterocycles. The lowest BCUT2D eigenvalue weighted by molar-refractivity contribution is 0.141. The molecule has 1 aliphatic heterocycles. The van der Waals surface area contributed by atoms with Crippen LogP contribution in [0.3, 0.4) is 0 Å². The summed E-state index contributed by atoms with van der Waals surface area (Å²) in [5.74, 6) is 0.976. The maximum atomic E-state index is 9.50. The Morgan fingerprint density at radius 3 is 2.65 bits per heavy atom. The Kier molecular flexibility index (Phi) is 2.47. The van der Waals surface area contributed by atoms with Gasteiger partial charge in [0.2, 0.25) is 0 Å². The van der Waals surface area contributed by atoms with Crippen LogP contribution in [-0.4, -0.2) is 38.9 Å². The monoisotopic (exact) mass is 266 g/mol. The van der Waals surface area contributed by atoms with E-state index in [0.29, 0.717) is 13.1 Å². The topological polar surface area (TPSA) is 53.7 Å². The molecule has 5 nitrogen and oxygen atoms in total. The number of aliphatic hydroxyl groups is 1. The first-order chi connectivity index (χ1) is 9.81. The highest BCUT2D eigenvalue weighted by atomic mass is 16.3.